The van der Waals surface area contributed by atoms with Gasteiger partial charge < -0.3 is 29.7 Å². The number of esters is 1. The highest BCUT2D eigenvalue weighted by molar-refractivity contribution is 5.97. The third-order valence-electron chi connectivity index (χ3n) is 8.00. The number of anilines is 1. The van der Waals surface area contributed by atoms with Crippen LogP contribution in [0, 0.1) is 11.8 Å². The molecule has 4 heterocycles. The first-order chi connectivity index (χ1) is 17.4. The number of nitrogens with one attached hydrogen (secondary N) is 1. The molecule has 4 aliphatic heterocycles. The fraction of sp³-hybridized carbons (Fsp3) is 0.615. The van der Waals surface area contributed by atoms with Crippen molar-refractivity contribution in [1.29, 1.82) is 0 Å². The molecule has 0 bridgehead atoms. The van der Waals surface area contributed by atoms with Gasteiger partial charge in [-0.05, 0) is 57.2 Å². The van der Waals surface area contributed by atoms with Gasteiger partial charge in [-0.15, -0.1) is 0 Å². The maximum absolute atomic E-state index is 13.7. The standard InChI is InChI=1S/C26H33N3O7/c1-2-35-26(34)15-4-7-21(30)19(11-15)27-24(32)17-12-22-20(9-10-36-22)29(14-17)25(33)16-3-5-18-6-8-23(31)28(18)13-16/h4,7,11,16-18,20,22,30H,2-3,5-6,8-10,12-14H2,1H3,(H,27,32)/t16?,17-,18?,20?,22?/m1/s1. The van der Waals surface area contributed by atoms with Crippen LogP contribution in [0.25, 0.3) is 0 Å². The number of carbonyl (C=O) groups is 4. The number of amides is 3. The monoisotopic (exact) mass is 499 g/mol. The minimum absolute atomic E-state index is 0.0155. The fourth-order valence-electron chi connectivity index (χ4n) is 6.10. The molecule has 0 aromatic heterocycles. The van der Waals surface area contributed by atoms with Crippen molar-refractivity contribution in [2.45, 2.75) is 63.6 Å². The summed E-state index contributed by atoms with van der Waals surface area (Å²) >= 11 is 0. The van der Waals surface area contributed by atoms with Crippen LogP contribution in [0.2, 0.25) is 0 Å². The third-order valence-corrected chi connectivity index (χ3v) is 8.00. The zero-order valence-corrected chi connectivity index (χ0v) is 20.5. The molecular formula is C26H33N3O7. The summed E-state index contributed by atoms with van der Waals surface area (Å²) < 4.78 is 10.9. The summed E-state index contributed by atoms with van der Waals surface area (Å²) in [6.45, 7) is 3.14. The number of aromatic hydroxyl groups is 1. The Morgan fingerprint density at radius 3 is 2.78 bits per heavy atom. The van der Waals surface area contributed by atoms with E-state index in [0.717, 1.165) is 25.7 Å². The second-order valence-corrected chi connectivity index (χ2v) is 10.1. The molecule has 0 radical (unpaired) electrons. The number of ether oxygens (including phenoxy) is 2. The Kier molecular flexibility index (Phi) is 6.87. The topological polar surface area (TPSA) is 125 Å². The van der Waals surface area contributed by atoms with E-state index in [1.807, 2.05) is 4.90 Å². The van der Waals surface area contributed by atoms with Gasteiger partial charge >= 0.3 is 5.97 Å². The average molecular weight is 500 g/mol. The van der Waals surface area contributed by atoms with Crippen molar-refractivity contribution in [3.05, 3.63) is 23.8 Å². The number of phenols is 1. The van der Waals surface area contributed by atoms with Gasteiger partial charge in [0.1, 0.15) is 5.75 Å². The van der Waals surface area contributed by atoms with Gasteiger partial charge in [0.05, 0.1) is 41.8 Å². The van der Waals surface area contributed by atoms with E-state index in [9.17, 15) is 24.3 Å². The number of fused-ring (bicyclic) bond motifs is 2. The fourth-order valence-corrected chi connectivity index (χ4v) is 6.10. The maximum Gasteiger partial charge on any atom is 0.338 e. The molecule has 194 valence electrons. The Hall–Kier alpha value is -3.14. The van der Waals surface area contributed by atoms with Crippen LogP contribution < -0.4 is 5.32 Å². The van der Waals surface area contributed by atoms with Gasteiger partial charge in [0.2, 0.25) is 17.7 Å². The van der Waals surface area contributed by atoms with Crippen LogP contribution in [0.4, 0.5) is 5.69 Å². The molecule has 1 aromatic carbocycles. The lowest BCUT2D eigenvalue weighted by Crippen LogP contribution is -2.57. The number of hydrogen-bond acceptors (Lipinski definition) is 7. The Bertz CT molecular complexity index is 1060. The van der Waals surface area contributed by atoms with E-state index >= 15 is 0 Å². The molecule has 0 aliphatic carbocycles. The molecule has 10 heteroatoms. The van der Waals surface area contributed by atoms with Crippen molar-refractivity contribution in [2.24, 2.45) is 11.8 Å². The first kappa shape index (κ1) is 24.5. The minimum Gasteiger partial charge on any atom is -0.506 e. The Labute approximate surface area is 209 Å². The van der Waals surface area contributed by atoms with E-state index < -0.39 is 11.9 Å². The first-order valence-corrected chi connectivity index (χ1v) is 12.9. The van der Waals surface area contributed by atoms with Gasteiger partial charge in [0.15, 0.2) is 0 Å². The summed E-state index contributed by atoms with van der Waals surface area (Å²) in [6, 6.07) is 4.33. The van der Waals surface area contributed by atoms with E-state index in [4.69, 9.17) is 9.47 Å². The summed E-state index contributed by atoms with van der Waals surface area (Å²) in [7, 11) is 0. The first-order valence-electron chi connectivity index (χ1n) is 12.9. The number of likely N-dealkylation sites (tertiary alicyclic amines) is 1. The van der Waals surface area contributed by atoms with Crippen molar-refractivity contribution in [3.8, 4) is 5.75 Å². The third kappa shape index (κ3) is 4.66. The summed E-state index contributed by atoms with van der Waals surface area (Å²) in [5.74, 6) is -1.76. The van der Waals surface area contributed by atoms with E-state index in [1.54, 1.807) is 11.8 Å². The number of carbonyl (C=O) groups excluding carboxylic acids is 4. The zero-order chi connectivity index (χ0) is 25.4. The number of phenolic OH excluding ortho intramolecular Hbond substituents is 1. The Morgan fingerprint density at radius 1 is 1.14 bits per heavy atom. The predicted octanol–water partition coefficient (Wildman–Crippen LogP) is 1.91. The molecule has 36 heavy (non-hydrogen) atoms. The van der Waals surface area contributed by atoms with Crippen LogP contribution >= 0.6 is 0 Å². The van der Waals surface area contributed by atoms with E-state index in [0.29, 0.717) is 26.0 Å². The summed E-state index contributed by atoms with van der Waals surface area (Å²) in [5, 5.41) is 13.0. The van der Waals surface area contributed by atoms with Crippen molar-refractivity contribution >= 4 is 29.4 Å². The van der Waals surface area contributed by atoms with Gasteiger partial charge in [-0.1, -0.05) is 0 Å². The predicted molar refractivity (Wildman–Crippen MR) is 128 cm³/mol. The van der Waals surface area contributed by atoms with Crippen LogP contribution in [-0.2, 0) is 23.9 Å². The normalized spacial score (nSPS) is 29.5. The van der Waals surface area contributed by atoms with Crippen LogP contribution in [0.1, 0.15) is 55.8 Å². The molecule has 4 unspecified atom stereocenters. The molecule has 4 fully saturated rings. The lowest BCUT2D eigenvalue weighted by molar-refractivity contribution is -0.148. The number of rotatable bonds is 5. The summed E-state index contributed by atoms with van der Waals surface area (Å²) in [6.07, 6.45) is 3.96. The highest BCUT2D eigenvalue weighted by atomic mass is 16.5. The number of benzene rings is 1. The molecule has 5 atom stereocenters. The summed E-state index contributed by atoms with van der Waals surface area (Å²) in [5.41, 5.74) is 0.334. The van der Waals surface area contributed by atoms with E-state index in [1.165, 1.54) is 18.2 Å². The highest BCUT2D eigenvalue weighted by Crippen LogP contribution is 2.37. The molecule has 5 rings (SSSR count). The molecular weight excluding hydrogens is 466 g/mol. The van der Waals surface area contributed by atoms with Crippen LogP contribution in [-0.4, -0.2) is 83.1 Å². The van der Waals surface area contributed by atoms with Crippen LogP contribution in [0.5, 0.6) is 5.75 Å². The van der Waals surface area contributed by atoms with Gasteiger partial charge in [0.25, 0.3) is 0 Å². The Morgan fingerprint density at radius 2 is 1.97 bits per heavy atom. The van der Waals surface area contributed by atoms with Gasteiger partial charge in [-0.2, -0.15) is 0 Å². The van der Waals surface area contributed by atoms with Crippen LogP contribution in [0.15, 0.2) is 18.2 Å². The molecule has 0 spiro atoms. The second kappa shape index (κ2) is 10.1. The smallest absolute Gasteiger partial charge is 0.338 e. The second-order valence-electron chi connectivity index (χ2n) is 10.1. The lowest BCUT2D eigenvalue weighted by atomic mass is 9.86. The minimum atomic E-state index is -0.546. The molecule has 2 N–H and O–H groups in total. The van der Waals surface area contributed by atoms with Crippen molar-refractivity contribution in [3.63, 3.8) is 0 Å². The molecule has 1 aromatic rings. The van der Waals surface area contributed by atoms with E-state index in [-0.39, 0.29) is 72.0 Å². The van der Waals surface area contributed by atoms with Crippen molar-refractivity contribution in [1.82, 2.24) is 9.80 Å². The number of piperidine rings is 2. The molecule has 3 amide bonds. The number of hydrogen-bond donors (Lipinski definition) is 2. The SMILES string of the molecule is CCOC(=O)c1ccc(O)c(NC(=O)[C@@H]2CC3OCCC3N(C(=O)C3CCC4CCC(=O)N4C3)C2)c1. The molecule has 4 saturated heterocycles. The molecule has 4 aliphatic rings. The molecule has 10 nitrogen and oxygen atoms in total. The average Bonchev–Trinajstić information content (AvgIpc) is 3.50. The van der Waals surface area contributed by atoms with Crippen molar-refractivity contribution < 1.29 is 33.8 Å². The lowest BCUT2D eigenvalue weighted by Gasteiger charge is -2.43. The quantitative estimate of drug-likeness (QED) is 0.468. The van der Waals surface area contributed by atoms with Gasteiger partial charge in [-0.25, -0.2) is 4.79 Å². The van der Waals surface area contributed by atoms with Gasteiger partial charge in [-0.3, -0.25) is 14.4 Å². The van der Waals surface area contributed by atoms with Crippen molar-refractivity contribution in [2.75, 3.05) is 31.6 Å². The summed E-state index contributed by atoms with van der Waals surface area (Å²) in [4.78, 5) is 54.9. The van der Waals surface area contributed by atoms with Gasteiger partial charge in [0, 0.05) is 32.2 Å². The largest absolute Gasteiger partial charge is 0.506 e. The van der Waals surface area contributed by atoms with E-state index in [2.05, 4.69) is 5.32 Å². The molecule has 0 saturated carbocycles. The highest BCUT2D eigenvalue weighted by Gasteiger charge is 2.47. The van der Waals surface area contributed by atoms with Crippen LogP contribution in [0.3, 0.4) is 0 Å². The maximum atomic E-state index is 13.7. The number of nitrogens with zero attached hydrogens (tertiary/aromatic N) is 2. The zero-order valence-electron chi connectivity index (χ0n) is 20.5. The Balaban J connectivity index is 1.30.